The van der Waals surface area contributed by atoms with E-state index in [9.17, 15) is 13.2 Å². The number of alkyl halides is 3. The van der Waals surface area contributed by atoms with Crippen LogP contribution in [0, 0.1) is 0 Å². The van der Waals surface area contributed by atoms with Crippen molar-refractivity contribution < 1.29 is 22.6 Å². The van der Waals surface area contributed by atoms with E-state index in [1.165, 1.54) is 17.2 Å². The van der Waals surface area contributed by atoms with Crippen LogP contribution in [0.25, 0.3) is 0 Å². The van der Waals surface area contributed by atoms with Crippen molar-refractivity contribution >= 4 is 11.8 Å². The second kappa shape index (κ2) is 10.5. The summed E-state index contributed by atoms with van der Waals surface area (Å²) < 4.78 is 50.3. The zero-order chi connectivity index (χ0) is 23.5. The Morgan fingerprint density at radius 2 is 1.88 bits per heavy atom. The normalized spacial score (nSPS) is 23.5. The number of morpholine rings is 1. The van der Waals surface area contributed by atoms with Gasteiger partial charge in [-0.25, -0.2) is 0 Å². The summed E-state index contributed by atoms with van der Waals surface area (Å²) in [6.07, 6.45) is 3.23. The third-order valence-corrected chi connectivity index (χ3v) is 7.78. The molecule has 2 fully saturated rings. The molecule has 184 valence electrons. The fourth-order valence-electron chi connectivity index (χ4n) is 5.49. The molecule has 0 spiro atoms. The quantitative estimate of drug-likeness (QED) is 0.366. The van der Waals surface area contributed by atoms with Crippen LogP contribution in [0.4, 0.5) is 13.2 Å². The molecule has 4 nitrogen and oxygen atoms in total. The molecule has 3 aliphatic heterocycles. The summed E-state index contributed by atoms with van der Waals surface area (Å²) in [4.78, 5) is 5.14. The van der Waals surface area contributed by atoms with Gasteiger partial charge in [0, 0.05) is 43.0 Å². The summed E-state index contributed by atoms with van der Waals surface area (Å²) in [5.41, 5.74) is -0.844. The number of rotatable bonds is 7. The molecule has 2 aromatic rings. The molecule has 0 aromatic heterocycles. The second-order valence-electron chi connectivity index (χ2n) is 9.27. The molecule has 5 rings (SSSR count). The highest BCUT2D eigenvalue weighted by Crippen LogP contribution is 2.46. The Bertz CT molecular complexity index is 981. The summed E-state index contributed by atoms with van der Waals surface area (Å²) in [5, 5.41) is 0. The molecule has 0 saturated carbocycles. The highest BCUT2D eigenvalue weighted by atomic mass is 32.2. The molecule has 0 N–H and O–H groups in total. The van der Waals surface area contributed by atoms with Gasteiger partial charge in [0.05, 0.1) is 19.8 Å². The molecule has 0 radical (unpaired) electrons. The molecule has 2 saturated heterocycles. The van der Waals surface area contributed by atoms with Crippen LogP contribution in [0.1, 0.15) is 47.9 Å². The van der Waals surface area contributed by atoms with E-state index in [-0.39, 0.29) is 22.6 Å². The first-order chi connectivity index (χ1) is 16.5. The summed E-state index contributed by atoms with van der Waals surface area (Å²) in [6.45, 7) is 7.15. The minimum Gasteiger partial charge on any atom is -0.494 e. The maximum absolute atomic E-state index is 12.9. The Hall–Kier alpha value is -1.74. The minimum absolute atomic E-state index is 0.0405. The van der Waals surface area contributed by atoms with Crippen molar-refractivity contribution in [1.29, 1.82) is 0 Å². The number of hydrogen-bond donors (Lipinski definition) is 0. The van der Waals surface area contributed by atoms with Gasteiger partial charge in [0.25, 0.3) is 0 Å². The van der Waals surface area contributed by atoms with E-state index in [2.05, 4.69) is 21.9 Å². The smallest absolute Gasteiger partial charge is 0.446 e. The largest absolute Gasteiger partial charge is 0.494 e. The van der Waals surface area contributed by atoms with Crippen LogP contribution in [-0.2, 0) is 4.74 Å². The van der Waals surface area contributed by atoms with Crippen molar-refractivity contribution in [3.05, 3.63) is 59.2 Å². The average molecular weight is 493 g/mol. The summed E-state index contributed by atoms with van der Waals surface area (Å²) in [6, 6.07) is 13.7. The van der Waals surface area contributed by atoms with Crippen molar-refractivity contribution in [2.45, 2.75) is 41.6 Å². The summed E-state index contributed by atoms with van der Waals surface area (Å²) in [5.74, 6) is 0.947. The predicted octanol–water partition coefficient (Wildman–Crippen LogP) is 5.68. The van der Waals surface area contributed by atoms with Crippen molar-refractivity contribution in [3.8, 4) is 5.75 Å². The van der Waals surface area contributed by atoms with Crippen molar-refractivity contribution in [1.82, 2.24) is 9.80 Å². The van der Waals surface area contributed by atoms with Gasteiger partial charge >= 0.3 is 5.51 Å². The van der Waals surface area contributed by atoms with Gasteiger partial charge in [-0.05, 0) is 78.5 Å². The van der Waals surface area contributed by atoms with Gasteiger partial charge in [-0.3, -0.25) is 9.80 Å². The van der Waals surface area contributed by atoms with Gasteiger partial charge in [-0.15, -0.1) is 0 Å². The number of benzene rings is 2. The van der Waals surface area contributed by atoms with Crippen LogP contribution in [-0.4, -0.2) is 67.9 Å². The fraction of sp³-hybridized carbons (Fsp3) is 0.538. The fourth-order valence-corrected chi connectivity index (χ4v) is 6.10. The van der Waals surface area contributed by atoms with E-state index in [1.54, 1.807) is 12.1 Å². The molecule has 0 aliphatic carbocycles. The number of thioether (sulfide) groups is 1. The first kappa shape index (κ1) is 24.0. The SMILES string of the molecule is FC(F)(F)Sc1cccc([C@H]2CN3CCC[C@@H]3c3cc(OCCCN4CCOCC4)ccc32)c1. The molecular weight excluding hydrogens is 461 g/mol. The lowest BCUT2D eigenvalue weighted by molar-refractivity contribution is -0.0328. The molecular formula is C26H31F3N2O2S. The maximum Gasteiger partial charge on any atom is 0.446 e. The molecule has 8 heteroatoms. The van der Waals surface area contributed by atoms with E-state index in [4.69, 9.17) is 9.47 Å². The molecule has 0 bridgehead atoms. The van der Waals surface area contributed by atoms with Crippen molar-refractivity contribution in [3.63, 3.8) is 0 Å². The monoisotopic (exact) mass is 492 g/mol. The molecule has 0 amide bonds. The molecule has 3 aliphatic rings. The highest BCUT2D eigenvalue weighted by molar-refractivity contribution is 8.00. The Morgan fingerprint density at radius 1 is 1.03 bits per heavy atom. The lowest BCUT2D eigenvalue weighted by atomic mass is 9.81. The lowest BCUT2D eigenvalue weighted by Gasteiger charge is -2.38. The molecule has 34 heavy (non-hydrogen) atoms. The molecule has 2 atom stereocenters. The third kappa shape index (κ3) is 5.73. The Balaban J connectivity index is 1.31. The zero-order valence-electron chi connectivity index (χ0n) is 19.2. The summed E-state index contributed by atoms with van der Waals surface area (Å²) >= 11 is -0.0405. The Kier molecular flexibility index (Phi) is 7.39. The standard InChI is InChI=1S/C26H31F3N2O2S/c27-26(28,29)34-21-5-1-4-19(16-21)24-18-31-10-2-6-25(31)23-17-20(7-8-22(23)24)33-13-3-9-30-11-14-32-15-12-30/h1,4-5,7-8,16-17,24-25H,2-3,6,9-15,18H2/t24-,25-/m1/s1. The van der Waals surface area contributed by atoms with Crippen LogP contribution < -0.4 is 4.74 Å². The first-order valence-electron chi connectivity index (χ1n) is 12.1. The van der Waals surface area contributed by atoms with Gasteiger partial charge in [-0.1, -0.05) is 18.2 Å². The van der Waals surface area contributed by atoms with E-state index in [1.807, 2.05) is 12.1 Å². The zero-order valence-corrected chi connectivity index (χ0v) is 20.0. The second-order valence-corrected chi connectivity index (χ2v) is 10.4. The topological polar surface area (TPSA) is 24.9 Å². The predicted molar refractivity (Wildman–Crippen MR) is 128 cm³/mol. The molecule has 2 aromatic carbocycles. The van der Waals surface area contributed by atoms with Gasteiger partial charge < -0.3 is 9.47 Å². The van der Waals surface area contributed by atoms with E-state index in [0.29, 0.717) is 12.6 Å². The molecule has 0 unspecified atom stereocenters. The number of hydrogen-bond acceptors (Lipinski definition) is 5. The maximum atomic E-state index is 12.9. The van der Waals surface area contributed by atoms with Crippen LogP contribution in [0.5, 0.6) is 5.75 Å². The number of nitrogens with zero attached hydrogens (tertiary/aromatic N) is 2. The minimum atomic E-state index is -4.28. The third-order valence-electron chi connectivity index (χ3n) is 7.06. The number of halogens is 3. The van der Waals surface area contributed by atoms with Crippen LogP contribution >= 0.6 is 11.8 Å². The van der Waals surface area contributed by atoms with E-state index < -0.39 is 5.51 Å². The number of fused-ring (bicyclic) bond motifs is 3. The van der Waals surface area contributed by atoms with Gasteiger partial charge in [0.1, 0.15) is 5.75 Å². The van der Waals surface area contributed by atoms with Crippen LogP contribution in [0.15, 0.2) is 47.4 Å². The van der Waals surface area contributed by atoms with Gasteiger partial charge in [-0.2, -0.15) is 13.2 Å². The van der Waals surface area contributed by atoms with Crippen molar-refractivity contribution in [2.75, 3.05) is 52.5 Å². The van der Waals surface area contributed by atoms with E-state index >= 15 is 0 Å². The first-order valence-corrected chi connectivity index (χ1v) is 12.9. The summed E-state index contributed by atoms with van der Waals surface area (Å²) in [7, 11) is 0. The van der Waals surface area contributed by atoms with Gasteiger partial charge in [0.2, 0.25) is 0 Å². The average Bonchev–Trinajstić information content (AvgIpc) is 3.30. The van der Waals surface area contributed by atoms with Crippen molar-refractivity contribution in [2.24, 2.45) is 0 Å². The lowest BCUT2D eigenvalue weighted by Crippen LogP contribution is -2.37. The number of ether oxygens (including phenoxy) is 2. The van der Waals surface area contributed by atoms with Gasteiger partial charge in [0.15, 0.2) is 0 Å². The molecule has 3 heterocycles. The Labute approximate surface area is 203 Å². The highest BCUT2D eigenvalue weighted by Gasteiger charge is 2.37. The van der Waals surface area contributed by atoms with E-state index in [0.717, 1.165) is 76.5 Å². The van der Waals surface area contributed by atoms with Crippen LogP contribution in [0.3, 0.4) is 0 Å². The van der Waals surface area contributed by atoms with Crippen LogP contribution in [0.2, 0.25) is 0 Å². The Morgan fingerprint density at radius 3 is 2.71 bits per heavy atom.